The minimum absolute atomic E-state index is 0.146. The van der Waals surface area contributed by atoms with Gasteiger partial charge in [-0.15, -0.1) is 0 Å². The zero-order chi connectivity index (χ0) is 14.8. The zero-order valence-electron chi connectivity index (χ0n) is 13.3. The zero-order valence-corrected chi connectivity index (χ0v) is 13.3. The third-order valence-corrected chi connectivity index (χ3v) is 5.16. The fourth-order valence-electron chi connectivity index (χ4n) is 4.44. The van der Waals surface area contributed by atoms with Gasteiger partial charge in [0.05, 0.1) is 16.8 Å². The van der Waals surface area contributed by atoms with Crippen LogP contribution in [-0.4, -0.2) is 16.3 Å². The van der Waals surface area contributed by atoms with Crippen molar-refractivity contribution >= 4 is 0 Å². The molecular weight excluding hydrogens is 248 g/mol. The highest BCUT2D eigenvalue weighted by Gasteiger charge is 2.57. The van der Waals surface area contributed by atoms with Crippen molar-refractivity contribution in [2.75, 3.05) is 0 Å². The van der Waals surface area contributed by atoms with Crippen LogP contribution < -0.4 is 0 Å². The summed E-state index contributed by atoms with van der Waals surface area (Å²) in [5.41, 5.74) is 2.48. The number of ether oxygens (including phenoxy) is 1. The monoisotopic (exact) mass is 274 g/mol. The normalized spacial score (nSPS) is 34.2. The number of rotatable bonds is 1. The second-order valence-electron chi connectivity index (χ2n) is 7.81. The Labute approximate surface area is 122 Å². The van der Waals surface area contributed by atoms with E-state index >= 15 is 0 Å². The molecule has 2 aliphatic rings. The second-order valence-corrected chi connectivity index (χ2v) is 7.81. The first-order valence-electron chi connectivity index (χ1n) is 7.67. The Balaban J connectivity index is 2.06. The molecule has 1 aliphatic carbocycles. The van der Waals surface area contributed by atoms with E-state index in [4.69, 9.17) is 4.74 Å². The molecule has 2 nitrogen and oxygen atoms in total. The summed E-state index contributed by atoms with van der Waals surface area (Å²) in [7, 11) is 0. The van der Waals surface area contributed by atoms with Crippen LogP contribution in [0.2, 0.25) is 0 Å². The van der Waals surface area contributed by atoms with Gasteiger partial charge in [-0.25, -0.2) is 0 Å². The molecule has 2 unspecified atom stereocenters. The van der Waals surface area contributed by atoms with Gasteiger partial charge in [0.15, 0.2) is 0 Å². The number of benzene rings is 1. The lowest BCUT2D eigenvalue weighted by molar-refractivity contribution is -0.116. The van der Waals surface area contributed by atoms with E-state index in [9.17, 15) is 5.11 Å². The molecule has 1 fully saturated rings. The molecule has 0 saturated carbocycles. The van der Waals surface area contributed by atoms with Crippen LogP contribution in [0.1, 0.15) is 57.2 Å². The number of aliphatic hydroxyl groups is 1. The maximum Gasteiger partial charge on any atom is 0.0958 e. The largest absolute Gasteiger partial charge is 0.385 e. The molecule has 1 aromatic carbocycles. The molecule has 0 radical (unpaired) electrons. The summed E-state index contributed by atoms with van der Waals surface area (Å²) in [6, 6.07) is 6.49. The number of hydrogen-bond acceptors (Lipinski definition) is 2. The molecule has 1 saturated heterocycles. The van der Waals surface area contributed by atoms with Crippen molar-refractivity contribution in [1.29, 1.82) is 0 Å². The summed E-state index contributed by atoms with van der Waals surface area (Å²) in [6.07, 6.45) is 2.70. The van der Waals surface area contributed by atoms with Crippen molar-refractivity contribution in [1.82, 2.24) is 0 Å². The van der Waals surface area contributed by atoms with E-state index in [1.165, 1.54) is 11.1 Å². The Bertz CT molecular complexity index is 544. The second kappa shape index (κ2) is 4.08. The third kappa shape index (κ3) is 2.01. The quantitative estimate of drug-likeness (QED) is 0.845. The molecule has 2 heteroatoms. The Morgan fingerprint density at radius 3 is 2.50 bits per heavy atom. The van der Waals surface area contributed by atoms with E-state index in [0.29, 0.717) is 0 Å². The van der Waals surface area contributed by atoms with Crippen molar-refractivity contribution in [2.45, 2.75) is 70.7 Å². The topological polar surface area (TPSA) is 29.5 Å². The molecule has 0 aromatic heterocycles. The number of aryl methyl sites for hydroxylation is 2. The van der Waals surface area contributed by atoms with Gasteiger partial charge in [0.1, 0.15) is 0 Å². The van der Waals surface area contributed by atoms with Gasteiger partial charge < -0.3 is 9.84 Å². The minimum atomic E-state index is -0.737. The summed E-state index contributed by atoms with van der Waals surface area (Å²) in [6.45, 7) is 10.6. The van der Waals surface area contributed by atoms with E-state index < -0.39 is 5.60 Å². The van der Waals surface area contributed by atoms with Crippen LogP contribution in [0.4, 0.5) is 0 Å². The van der Waals surface area contributed by atoms with Gasteiger partial charge in [-0.05, 0) is 65.0 Å². The molecule has 2 atom stereocenters. The molecule has 1 aliphatic heterocycles. The van der Waals surface area contributed by atoms with Gasteiger partial charge >= 0.3 is 0 Å². The molecule has 0 bridgehead atoms. The first-order chi connectivity index (χ1) is 9.14. The summed E-state index contributed by atoms with van der Waals surface area (Å²) < 4.78 is 6.21. The number of fused-ring (bicyclic) bond motifs is 1. The minimum Gasteiger partial charge on any atom is -0.385 e. The first kappa shape index (κ1) is 14.1. The smallest absolute Gasteiger partial charge is 0.0958 e. The van der Waals surface area contributed by atoms with Crippen molar-refractivity contribution in [3.8, 4) is 0 Å². The number of hydrogen-bond donors (Lipinski definition) is 1. The van der Waals surface area contributed by atoms with Crippen molar-refractivity contribution in [2.24, 2.45) is 5.92 Å². The molecule has 3 rings (SSSR count). The molecule has 1 heterocycles. The van der Waals surface area contributed by atoms with E-state index in [1.807, 2.05) is 0 Å². The van der Waals surface area contributed by atoms with Crippen molar-refractivity contribution < 1.29 is 9.84 Å². The molecule has 110 valence electrons. The highest BCUT2D eigenvalue weighted by atomic mass is 16.5. The predicted molar refractivity (Wildman–Crippen MR) is 80.7 cm³/mol. The van der Waals surface area contributed by atoms with Crippen LogP contribution in [0.3, 0.4) is 0 Å². The van der Waals surface area contributed by atoms with Crippen LogP contribution >= 0.6 is 0 Å². The summed E-state index contributed by atoms with van der Waals surface area (Å²) in [5, 5.41) is 11.5. The average molecular weight is 274 g/mol. The van der Waals surface area contributed by atoms with Gasteiger partial charge in [-0.2, -0.15) is 0 Å². The first-order valence-corrected chi connectivity index (χ1v) is 7.67. The molecule has 20 heavy (non-hydrogen) atoms. The Kier molecular flexibility index (Phi) is 2.88. The molecule has 1 aromatic rings. The van der Waals surface area contributed by atoms with Crippen molar-refractivity contribution in [3.63, 3.8) is 0 Å². The van der Waals surface area contributed by atoms with Gasteiger partial charge in [-0.1, -0.05) is 23.8 Å². The molecule has 0 amide bonds. The average Bonchev–Trinajstić information content (AvgIpc) is 2.75. The Hall–Kier alpha value is -0.860. The molecule has 0 spiro atoms. The highest BCUT2D eigenvalue weighted by molar-refractivity contribution is 5.41. The van der Waals surface area contributed by atoms with E-state index in [1.54, 1.807) is 0 Å². The van der Waals surface area contributed by atoms with Crippen LogP contribution in [0.25, 0.3) is 0 Å². The lowest BCUT2D eigenvalue weighted by Crippen LogP contribution is -2.43. The van der Waals surface area contributed by atoms with Gasteiger partial charge in [0, 0.05) is 5.92 Å². The molecule has 1 N–H and O–H groups in total. The van der Waals surface area contributed by atoms with Crippen LogP contribution in [0, 0.1) is 12.8 Å². The fraction of sp³-hybridized carbons (Fsp3) is 0.667. The predicted octanol–water partition coefficient (Wildman–Crippen LogP) is 3.72. The third-order valence-electron chi connectivity index (χ3n) is 5.16. The maximum atomic E-state index is 11.5. The maximum absolute atomic E-state index is 11.5. The van der Waals surface area contributed by atoms with Crippen molar-refractivity contribution in [3.05, 3.63) is 34.9 Å². The lowest BCUT2D eigenvalue weighted by Gasteiger charge is -2.38. The van der Waals surface area contributed by atoms with Crippen LogP contribution in [0.5, 0.6) is 0 Å². The van der Waals surface area contributed by atoms with Crippen LogP contribution in [0.15, 0.2) is 18.2 Å². The molecular formula is C18H26O2. The van der Waals surface area contributed by atoms with Gasteiger partial charge in [0.2, 0.25) is 0 Å². The SMILES string of the molecule is Cc1ccc2c(c1)C(O)(C1CC(C)(C)OC1(C)C)CC2. The van der Waals surface area contributed by atoms with E-state index in [-0.39, 0.29) is 17.1 Å². The summed E-state index contributed by atoms with van der Waals surface area (Å²) >= 11 is 0. The van der Waals surface area contributed by atoms with Crippen LogP contribution in [-0.2, 0) is 16.8 Å². The summed E-state index contributed by atoms with van der Waals surface area (Å²) in [5.74, 6) is 0.146. The van der Waals surface area contributed by atoms with Gasteiger partial charge in [0.25, 0.3) is 0 Å². The summed E-state index contributed by atoms with van der Waals surface area (Å²) in [4.78, 5) is 0. The van der Waals surface area contributed by atoms with E-state index in [2.05, 4.69) is 52.8 Å². The Morgan fingerprint density at radius 1 is 1.20 bits per heavy atom. The highest BCUT2D eigenvalue weighted by Crippen LogP contribution is 2.54. The lowest BCUT2D eigenvalue weighted by atomic mass is 9.71. The standard InChI is InChI=1S/C18H26O2/c1-12-6-7-13-8-9-18(19,14(13)10-12)15-11-16(2,3)20-17(15,4)5/h6-7,10,15,19H,8-9,11H2,1-5H3. The van der Waals surface area contributed by atoms with Gasteiger partial charge in [-0.3, -0.25) is 0 Å². The van der Waals surface area contributed by atoms with E-state index in [0.717, 1.165) is 24.8 Å². The Morgan fingerprint density at radius 2 is 1.90 bits per heavy atom. The fourth-order valence-corrected chi connectivity index (χ4v) is 4.44.